The summed E-state index contributed by atoms with van der Waals surface area (Å²) in [5, 5.41) is 7.53. The average molecular weight is 283 g/mol. The third-order valence-corrected chi connectivity index (χ3v) is 4.44. The first-order chi connectivity index (χ1) is 10.2. The van der Waals surface area contributed by atoms with Crippen molar-refractivity contribution in [3.8, 4) is 0 Å². The van der Waals surface area contributed by atoms with Gasteiger partial charge in [0.25, 0.3) is 0 Å². The molecule has 2 aromatic rings. The number of aryl methyl sites for hydroxylation is 1. The Bertz CT molecular complexity index is 612. The standard InChI is InChI=1S/C17H21N3O/c1-20-13-14(12-19-20)11-16(21)17(7-9-18-10-8-17)15-5-3-2-4-6-15/h2-6,12-13,18H,7-11H2,1H3. The molecular formula is C17H21N3O. The molecule has 1 N–H and O–H groups in total. The van der Waals surface area contributed by atoms with Gasteiger partial charge in [-0.15, -0.1) is 0 Å². The normalized spacial score (nSPS) is 17.6. The molecule has 1 fully saturated rings. The van der Waals surface area contributed by atoms with E-state index in [-0.39, 0.29) is 5.41 Å². The summed E-state index contributed by atoms with van der Waals surface area (Å²) in [6.45, 7) is 1.79. The fourth-order valence-corrected chi connectivity index (χ4v) is 3.26. The second kappa shape index (κ2) is 5.82. The second-order valence-electron chi connectivity index (χ2n) is 5.82. The summed E-state index contributed by atoms with van der Waals surface area (Å²) in [5.74, 6) is 0.309. The lowest BCUT2D eigenvalue weighted by Gasteiger charge is -2.37. The molecule has 110 valence electrons. The first-order valence-electron chi connectivity index (χ1n) is 7.48. The van der Waals surface area contributed by atoms with Crippen LogP contribution in [-0.2, 0) is 23.7 Å². The van der Waals surface area contributed by atoms with Crippen molar-refractivity contribution in [2.24, 2.45) is 7.05 Å². The SMILES string of the molecule is Cn1cc(CC(=O)C2(c3ccccc3)CCNCC2)cn1. The minimum Gasteiger partial charge on any atom is -0.317 e. The van der Waals surface area contributed by atoms with E-state index in [0.717, 1.165) is 37.1 Å². The van der Waals surface area contributed by atoms with E-state index in [1.54, 1.807) is 10.9 Å². The smallest absolute Gasteiger partial charge is 0.147 e. The van der Waals surface area contributed by atoms with E-state index in [1.807, 2.05) is 31.4 Å². The molecule has 4 heteroatoms. The number of benzene rings is 1. The molecule has 0 radical (unpaired) electrons. The number of hydrogen-bond acceptors (Lipinski definition) is 3. The van der Waals surface area contributed by atoms with Crippen molar-refractivity contribution in [1.82, 2.24) is 15.1 Å². The van der Waals surface area contributed by atoms with E-state index < -0.39 is 0 Å². The van der Waals surface area contributed by atoms with Crippen molar-refractivity contribution < 1.29 is 4.79 Å². The Morgan fingerprint density at radius 3 is 2.62 bits per heavy atom. The van der Waals surface area contributed by atoms with Crippen LogP contribution in [0.2, 0.25) is 0 Å². The third kappa shape index (κ3) is 2.76. The zero-order valence-electron chi connectivity index (χ0n) is 12.4. The third-order valence-electron chi connectivity index (χ3n) is 4.44. The van der Waals surface area contributed by atoms with Crippen LogP contribution in [0.3, 0.4) is 0 Å². The van der Waals surface area contributed by atoms with Crippen molar-refractivity contribution >= 4 is 5.78 Å². The molecule has 1 saturated heterocycles. The minimum absolute atomic E-state index is 0.309. The molecule has 0 saturated carbocycles. The van der Waals surface area contributed by atoms with Crippen molar-refractivity contribution in [1.29, 1.82) is 0 Å². The first-order valence-corrected chi connectivity index (χ1v) is 7.48. The Morgan fingerprint density at radius 1 is 1.29 bits per heavy atom. The molecule has 0 aliphatic carbocycles. The monoisotopic (exact) mass is 283 g/mol. The summed E-state index contributed by atoms with van der Waals surface area (Å²) in [5.41, 5.74) is 1.80. The number of piperidine rings is 1. The maximum Gasteiger partial charge on any atom is 0.147 e. The molecule has 0 bridgehead atoms. The van der Waals surface area contributed by atoms with Gasteiger partial charge in [-0.3, -0.25) is 9.48 Å². The topological polar surface area (TPSA) is 46.9 Å². The molecule has 2 heterocycles. The van der Waals surface area contributed by atoms with Gasteiger partial charge in [-0.05, 0) is 37.1 Å². The quantitative estimate of drug-likeness (QED) is 0.931. The lowest BCUT2D eigenvalue weighted by atomic mass is 9.69. The molecule has 1 aliphatic rings. The molecule has 0 spiro atoms. The van der Waals surface area contributed by atoms with Crippen LogP contribution in [0.25, 0.3) is 0 Å². The first kappa shape index (κ1) is 14.0. The summed E-state index contributed by atoms with van der Waals surface area (Å²) < 4.78 is 1.75. The minimum atomic E-state index is -0.345. The molecule has 0 atom stereocenters. The van der Waals surface area contributed by atoms with Gasteiger partial charge >= 0.3 is 0 Å². The molecule has 4 nitrogen and oxygen atoms in total. The molecule has 3 rings (SSSR count). The van der Waals surface area contributed by atoms with Gasteiger partial charge in [-0.25, -0.2) is 0 Å². The lowest BCUT2D eigenvalue weighted by molar-refractivity contribution is -0.125. The van der Waals surface area contributed by atoms with Crippen LogP contribution < -0.4 is 5.32 Å². The van der Waals surface area contributed by atoms with Gasteiger partial charge in [-0.1, -0.05) is 30.3 Å². The van der Waals surface area contributed by atoms with Crippen molar-refractivity contribution in [2.75, 3.05) is 13.1 Å². The van der Waals surface area contributed by atoms with Gasteiger partial charge in [0.1, 0.15) is 5.78 Å². The number of hydrogen-bond donors (Lipinski definition) is 1. The maximum atomic E-state index is 13.0. The lowest BCUT2D eigenvalue weighted by Crippen LogP contribution is -2.46. The van der Waals surface area contributed by atoms with E-state index in [2.05, 4.69) is 22.5 Å². The molecule has 0 amide bonds. The van der Waals surface area contributed by atoms with Crippen LogP contribution in [0, 0.1) is 0 Å². The van der Waals surface area contributed by atoms with Crippen molar-refractivity contribution in [2.45, 2.75) is 24.7 Å². The highest BCUT2D eigenvalue weighted by Gasteiger charge is 2.40. The van der Waals surface area contributed by atoms with Gasteiger partial charge < -0.3 is 5.32 Å². The number of carbonyl (C=O) groups excluding carboxylic acids is 1. The number of aromatic nitrogens is 2. The average Bonchev–Trinajstić information content (AvgIpc) is 2.94. The van der Waals surface area contributed by atoms with Gasteiger partial charge in [0.15, 0.2) is 0 Å². The Labute approximate surface area is 125 Å². The number of nitrogens with one attached hydrogen (secondary N) is 1. The molecule has 21 heavy (non-hydrogen) atoms. The highest BCUT2D eigenvalue weighted by atomic mass is 16.1. The zero-order chi connectivity index (χ0) is 14.7. The molecule has 1 aromatic heterocycles. The molecule has 1 aliphatic heterocycles. The molecular weight excluding hydrogens is 262 g/mol. The number of ketones is 1. The van der Waals surface area contributed by atoms with Gasteiger partial charge in [-0.2, -0.15) is 5.10 Å². The van der Waals surface area contributed by atoms with Crippen molar-refractivity contribution in [3.05, 3.63) is 53.9 Å². The summed E-state index contributed by atoms with van der Waals surface area (Å²) in [6.07, 6.45) is 5.92. The predicted molar refractivity (Wildman–Crippen MR) is 82.1 cm³/mol. The highest BCUT2D eigenvalue weighted by molar-refractivity contribution is 5.92. The molecule has 0 unspecified atom stereocenters. The maximum absolute atomic E-state index is 13.0. The van der Waals surface area contributed by atoms with Crippen LogP contribution in [0.5, 0.6) is 0 Å². The van der Waals surface area contributed by atoms with E-state index in [9.17, 15) is 4.79 Å². The summed E-state index contributed by atoms with van der Waals surface area (Å²) in [4.78, 5) is 13.0. The second-order valence-corrected chi connectivity index (χ2v) is 5.82. The van der Waals surface area contributed by atoms with Crippen LogP contribution in [-0.4, -0.2) is 28.7 Å². The zero-order valence-corrected chi connectivity index (χ0v) is 12.4. The van der Waals surface area contributed by atoms with E-state index in [0.29, 0.717) is 12.2 Å². The Hall–Kier alpha value is -1.94. The van der Waals surface area contributed by atoms with E-state index in [4.69, 9.17) is 0 Å². The van der Waals surface area contributed by atoms with Crippen LogP contribution in [0.4, 0.5) is 0 Å². The van der Waals surface area contributed by atoms with Crippen molar-refractivity contribution in [3.63, 3.8) is 0 Å². The molecule has 1 aromatic carbocycles. The summed E-state index contributed by atoms with van der Waals surface area (Å²) >= 11 is 0. The van der Waals surface area contributed by atoms with Crippen LogP contribution >= 0.6 is 0 Å². The Morgan fingerprint density at radius 2 is 2.00 bits per heavy atom. The number of carbonyl (C=O) groups is 1. The Balaban J connectivity index is 1.90. The fourth-order valence-electron chi connectivity index (χ4n) is 3.26. The van der Waals surface area contributed by atoms with Gasteiger partial charge in [0.2, 0.25) is 0 Å². The highest BCUT2D eigenvalue weighted by Crippen LogP contribution is 2.35. The fraction of sp³-hybridized carbons (Fsp3) is 0.412. The summed E-state index contributed by atoms with van der Waals surface area (Å²) in [7, 11) is 1.88. The Kier molecular flexibility index (Phi) is 3.88. The van der Waals surface area contributed by atoms with Gasteiger partial charge in [0, 0.05) is 19.7 Å². The van der Waals surface area contributed by atoms with Gasteiger partial charge in [0.05, 0.1) is 11.6 Å². The number of rotatable bonds is 4. The number of Topliss-reactive ketones (excluding diaryl/α,β-unsaturated/α-hetero) is 1. The number of nitrogens with zero attached hydrogens (tertiary/aromatic N) is 2. The van der Waals surface area contributed by atoms with Crippen LogP contribution in [0.15, 0.2) is 42.7 Å². The van der Waals surface area contributed by atoms with E-state index >= 15 is 0 Å². The van der Waals surface area contributed by atoms with Crippen LogP contribution in [0.1, 0.15) is 24.0 Å². The largest absolute Gasteiger partial charge is 0.317 e. The summed E-state index contributed by atoms with van der Waals surface area (Å²) in [6, 6.07) is 10.2. The predicted octanol–water partition coefficient (Wildman–Crippen LogP) is 1.85. The van der Waals surface area contributed by atoms with E-state index in [1.165, 1.54) is 0 Å².